The van der Waals surface area contributed by atoms with Gasteiger partial charge in [0.1, 0.15) is 18.5 Å². The fourth-order valence-electron chi connectivity index (χ4n) is 3.17. The molecule has 1 aliphatic rings. The Balaban J connectivity index is 1.31. The normalized spacial score (nSPS) is 17.0. The lowest BCUT2D eigenvalue weighted by molar-refractivity contribution is 0.0978. The molecule has 2 aromatic carbocycles. The van der Waals surface area contributed by atoms with Crippen molar-refractivity contribution in [1.29, 1.82) is 0 Å². The number of piperidine rings is 1. The Labute approximate surface area is 171 Å². The average Bonchev–Trinajstić information content (AvgIpc) is 2.69. The van der Waals surface area contributed by atoms with Crippen LogP contribution in [0.15, 0.2) is 42.5 Å². The number of nitrogens with one attached hydrogen (secondary N) is 1. The summed E-state index contributed by atoms with van der Waals surface area (Å²) in [5.41, 5.74) is 1.29. The van der Waals surface area contributed by atoms with Crippen LogP contribution in [-0.4, -0.2) is 48.4 Å². The number of likely N-dealkylation sites (tertiary alicyclic amines) is 1. The first kappa shape index (κ1) is 20.4. The molecule has 1 aliphatic heterocycles. The second-order valence-corrected chi connectivity index (χ2v) is 7.79. The molecule has 145 valence electrons. The van der Waals surface area contributed by atoms with Gasteiger partial charge in [-0.05, 0) is 61.8 Å². The molecule has 1 saturated heterocycles. The van der Waals surface area contributed by atoms with Crippen LogP contribution in [0.1, 0.15) is 18.4 Å². The summed E-state index contributed by atoms with van der Waals surface area (Å²) >= 11 is 11.8. The second kappa shape index (κ2) is 10.3. The summed E-state index contributed by atoms with van der Waals surface area (Å²) in [4.78, 5) is 2.46. The molecule has 0 aromatic heterocycles. The number of benzene rings is 2. The van der Waals surface area contributed by atoms with Crippen molar-refractivity contribution in [2.75, 3.05) is 26.2 Å². The first-order valence-corrected chi connectivity index (χ1v) is 10.0. The highest BCUT2D eigenvalue weighted by Gasteiger charge is 2.19. The molecular formula is C21H25Cl2N2O2. The summed E-state index contributed by atoms with van der Waals surface area (Å²) in [5, 5.41) is 15.0. The fraction of sp³-hybridized carbons (Fsp3) is 0.429. The molecule has 27 heavy (non-hydrogen) atoms. The molecule has 1 atom stereocenters. The maximum absolute atomic E-state index is 10.1. The number of hydrogen-bond donors (Lipinski definition) is 2. The zero-order chi connectivity index (χ0) is 19.1. The van der Waals surface area contributed by atoms with Crippen molar-refractivity contribution in [3.05, 3.63) is 64.1 Å². The van der Waals surface area contributed by atoms with E-state index in [0.29, 0.717) is 23.4 Å². The molecule has 3 rings (SSSR count). The van der Waals surface area contributed by atoms with Crippen LogP contribution >= 0.6 is 23.2 Å². The molecular weight excluding hydrogens is 383 g/mol. The molecule has 0 aliphatic carbocycles. The Morgan fingerprint density at radius 3 is 2.48 bits per heavy atom. The van der Waals surface area contributed by atoms with Crippen molar-refractivity contribution < 1.29 is 9.84 Å². The average molecular weight is 408 g/mol. The standard InChI is InChI=1S/C21H25Cl2N2O2/c22-17-3-1-16(2-4-17)14-25-11-9-19(10-12-25)24-13-20(26)15-27-21-7-5-18(23)6-8-21/h1-7,19-20,24,26H,9-15H2/t20-/m1/s1. The predicted octanol–water partition coefficient (Wildman–Crippen LogP) is 3.79. The van der Waals surface area contributed by atoms with Gasteiger partial charge in [0.2, 0.25) is 0 Å². The van der Waals surface area contributed by atoms with Gasteiger partial charge >= 0.3 is 0 Å². The molecule has 0 bridgehead atoms. The number of nitrogens with zero attached hydrogens (tertiary/aromatic N) is 1. The van der Waals surface area contributed by atoms with Gasteiger partial charge < -0.3 is 15.2 Å². The highest BCUT2D eigenvalue weighted by Crippen LogP contribution is 2.17. The van der Waals surface area contributed by atoms with Gasteiger partial charge in [-0.3, -0.25) is 4.90 Å². The van der Waals surface area contributed by atoms with Crippen LogP contribution in [-0.2, 0) is 6.54 Å². The fourth-order valence-corrected chi connectivity index (χ4v) is 3.42. The second-order valence-electron chi connectivity index (χ2n) is 6.92. The summed E-state index contributed by atoms with van der Waals surface area (Å²) in [7, 11) is 0. The summed E-state index contributed by atoms with van der Waals surface area (Å²) in [5.74, 6) is 0.592. The van der Waals surface area contributed by atoms with E-state index in [2.05, 4.69) is 28.4 Å². The molecule has 1 heterocycles. The van der Waals surface area contributed by atoms with Gasteiger partial charge in [0, 0.05) is 35.2 Å². The molecule has 6 heteroatoms. The number of halogens is 2. The lowest BCUT2D eigenvalue weighted by Gasteiger charge is -2.33. The maximum atomic E-state index is 10.1. The minimum atomic E-state index is -0.554. The molecule has 1 fully saturated rings. The van der Waals surface area contributed by atoms with Gasteiger partial charge in [-0.15, -0.1) is 0 Å². The first-order chi connectivity index (χ1) is 13.1. The Hall–Kier alpha value is -1.30. The van der Waals surface area contributed by atoms with Gasteiger partial charge in [0.05, 0.1) is 0 Å². The van der Waals surface area contributed by atoms with Gasteiger partial charge in [0.15, 0.2) is 0 Å². The van der Waals surface area contributed by atoms with Crippen LogP contribution in [0.2, 0.25) is 10.0 Å². The van der Waals surface area contributed by atoms with Crippen molar-refractivity contribution in [3.63, 3.8) is 0 Å². The van der Waals surface area contributed by atoms with Crippen LogP contribution < -0.4 is 10.1 Å². The predicted molar refractivity (Wildman–Crippen MR) is 110 cm³/mol. The van der Waals surface area contributed by atoms with E-state index in [9.17, 15) is 5.11 Å². The number of rotatable bonds is 8. The maximum Gasteiger partial charge on any atom is 0.127 e. The Bertz CT molecular complexity index is 686. The summed E-state index contributed by atoms with van der Waals surface area (Å²) < 4.78 is 5.53. The number of aliphatic hydroxyl groups is 1. The van der Waals surface area contributed by atoms with Gasteiger partial charge in [-0.25, -0.2) is 0 Å². The Morgan fingerprint density at radius 2 is 1.81 bits per heavy atom. The van der Waals surface area contributed by atoms with Gasteiger partial charge in [-0.1, -0.05) is 35.3 Å². The largest absolute Gasteiger partial charge is 0.490 e. The first-order valence-electron chi connectivity index (χ1n) is 9.27. The molecule has 1 radical (unpaired) electrons. The quantitative estimate of drug-likeness (QED) is 0.698. The highest BCUT2D eigenvalue weighted by molar-refractivity contribution is 6.30. The van der Waals surface area contributed by atoms with Crippen LogP contribution in [0.25, 0.3) is 0 Å². The SMILES string of the molecule is O[C@H](CNC1CCN(Cc2ccc(Cl)cc2)CC1)COc1[c]cc(Cl)cc1. The molecule has 0 amide bonds. The van der Waals surface area contributed by atoms with Crippen LogP contribution in [0.3, 0.4) is 0 Å². The highest BCUT2D eigenvalue weighted by atomic mass is 35.5. The van der Waals surface area contributed by atoms with Crippen molar-refractivity contribution in [3.8, 4) is 5.75 Å². The molecule has 2 aromatic rings. The lowest BCUT2D eigenvalue weighted by Crippen LogP contribution is -2.45. The smallest absolute Gasteiger partial charge is 0.127 e. The third-order valence-electron chi connectivity index (χ3n) is 4.73. The molecule has 0 unspecified atom stereocenters. The van der Waals surface area contributed by atoms with E-state index in [0.717, 1.165) is 37.5 Å². The summed E-state index contributed by atoms with van der Waals surface area (Å²) in [6, 6.07) is 16.6. The van der Waals surface area contributed by atoms with E-state index >= 15 is 0 Å². The molecule has 4 nitrogen and oxygen atoms in total. The van der Waals surface area contributed by atoms with E-state index in [1.165, 1.54) is 5.56 Å². The molecule has 2 N–H and O–H groups in total. The van der Waals surface area contributed by atoms with Crippen molar-refractivity contribution >= 4 is 23.2 Å². The molecule has 0 saturated carbocycles. The van der Waals surface area contributed by atoms with Gasteiger partial charge in [-0.2, -0.15) is 0 Å². The van der Waals surface area contributed by atoms with Crippen molar-refractivity contribution in [2.24, 2.45) is 0 Å². The number of hydrogen-bond acceptors (Lipinski definition) is 4. The van der Waals surface area contributed by atoms with Crippen molar-refractivity contribution in [1.82, 2.24) is 10.2 Å². The number of aliphatic hydroxyl groups excluding tert-OH is 1. The minimum Gasteiger partial charge on any atom is -0.490 e. The van der Waals surface area contributed by atoms with E-state index < -0.39 is 6.10 Å². The Kier molecular flexibility index (Phi) is 7.80. The Morgan fingerprint density at radius 1 is 1.11 bits per heavy atom. The number of ether oxygens (including phenoxy) is 1. The lowest BCUT2D eigenvalue weighted by atomic mass is 10.0. The molecule has 0 spiro atoms. The van der Waals surface area contributed by atoms with E-state index in [4.69, 9.17) is 27.9 Å². The monoisotopic (exact) mass is 407 g/mol. The summed E-state index contributed by atoms with van der Waals surface area (Å²) in [6.45, 7) is 3.81. The van der Waals surface area contributed by atoms with Crippen LogP contribution in [0.5, 0.6) is 5.75 Å². The third-order valence-corrected chi connectivity index (χ3v) is 5.21. The topological polar surface area (TPSA) is 44.7 Å². The van der Waals surface area contributed by atoms with Crippen molar-refractivity contribution in [2.45, 2.75) is 31.5 Å². The van der Waals surface area contributed by atoms with Crippen LogP contribution in [0.4, 0.5) is 0 Å². The zero-order valence-electron chi connectivity index (χ0n) is 15.2. The minimum absolute atomic E-state index is 0.237. The summed E-state index contributed by atoms with van der Waals surface area (Å²) in [6.07, 6.45) is 1.60. The third kappa shape index (κ3) is 6.98. The van der Waals surface area contributed by atoms with E-state index in [-0.39, 0.29) is 6.61 Å². The van der Waals surface area contributed by atoms with Crippen LogP contribution in [0, 0.1) is 6.07 Å². The van der Waals surface area contributed by atoms with E-state index in [1.807, 2.05) is 12.1 Å². The zero-order valence-corrected chi connectivity index (χ0v) is 16.7. The van der Waals surface area contributed by atoms with Gasteiger partial charge in [0.25, 0.3) is 0 Å². The van der Waals surface area contributed by atoms with E-state index in [1.54, 1.807) is 18.2 Å².